The summed E-state index contributed by atoms with van der Waals surface area (Å²) >= 11 is 0. The van der Waals surface area contributed by atoms with Crippen LogP contribution in [0.5, 0.6) is 0 Å². The van der Waals surface area contributed by atoms with Crippen molar-refractivity contribution in [1.82, 2.24) is 14.9 Å². The molecule has 0 radical (unpaired) electrons. The minimum Gasteiger partial charge on any atom is -0.445 e. The highest BCUT2D eigenvalue weighted by molar-refractivity contribution is 5.92. The van der Waals surface area contributed by atoms with Crippen molar-refractivity contribution in [2.75, 3.05) is 13.1 Å². The van der Waals surface area contributed by atoms with Crippen LogP contribution in [0.2, 0.25) is 0 Å². The summed E-state index contributed by atoms with van der Waals surface area (Å²) in [6.45, 7) is 3.35. The van der Waals surface area contributed by atoms with Crippen molar-refractivity contribution < 1.29 is 13.6 Å². The van der Waals surface area contributed by atoms with E-state index in [1.165, 1.54) is 6.07 Å². The topological polar surface area (TPSA) is 59.2 Å². The monoisotopic (exact) mass is 379 g/mol. The summed E-state index contributed by atoms with van der Waals surface area (Å²) in [6, 6.07) is 12.0. The van der Waals surface area contributed by atoms with E-state index in [0.717, 1.165) is 12.8 Å². The molecule has 3 heterocycles. The first-order valence-corrected chi connectivity index (χ1v) is 9.44. The Bertz CT molecular complexity index is 963. The van der Waals surface area contributed by atoms with E-state index < -0.39 is 0 Å². The maximum atomic E-state index is 13.9. The number of nitrogens with zero attached hydrogens (tertiary/aromatic N) is 3. The fourth-order valence-corrected chi connectivity index (χ4v) is 3.57. The second kappa shape index (κ2) is 7.54. The second-order valence-electron chi connectivity index (χ2n) is 7.47. The first-order chi connectivity index (χ1) is 13.5. The summed E-state index contributed by atoms with van der Waals surface area (Å²) in [5, 5.41) is 0. The molecule has 0 saturated carbocycles. The Morgan fingerprint density at radius 3 is 2.61 bits per heavy atom. The molecule has 0 atom stereocenters. The standard InChI is InChI=1S/C22H22FN3O2/c1-22(9-12-26(13-10-22)20(27)19-8-4-5-11-24-19)21-25-15-17(28-21)14-16-6-2-3-7-18(16)23/h2-8,11,15H,9-10,12-14H2,1H3. The van der Waals surface area contributed by atoms with Crippen LogP contribution in [0.3, 0.4) is 0 Å². The van der Waals surface area contributed by atoms with Crippen molar-refractivity contribution in [3.63, 3.8) is 0 Å². The molecule has 0 N–H and O–H groups in total. The van der Waals surface area contributed by atoms with Gasteiger partial charge < -0.3 is 9.32 Å². The SMILES string of the molecule is CC1(c2ncc(Cc3ccccc3F)o2)CCN(C(=O)c2ccccn2)CC1. The summed E-state index contributed by atoms with van der Waals surface area (Å²) < 4.78 is 19.8. The molecule has 1 aliphatic heterocycles. The van der Waals surface area contributed by atoms with E-state index >= 15 is 0 Å². The zero-order chi connectivity index (χ0) is 19.6. The van der Waals surface area contributed by atoms with Crippen LogP contribution in [0.25, 0.3) is 0 Å². The van der Waals surface area contributed by atoms with Crippen LogP contribution >= 0.6 is 0 Å². The first kappa shape index (κ1) is 18.3. The minimum atomic E-state index is -0.243. The molecule has 3 aromatic rings. The maximum Gasteiger partial charge on any atom is 0.272 e. The number of pyridine rings is 1. The minimum absolute atomic E-state index is 0.0460. The molecule has 0 spiro atoms. The average Bonchev–Trinajstić information content (AvgIpc) is 3.20. The number of halogens is 1. The predicted octanol–water partition coefficient (Wildman–Crippen LogP) is 3.99. The molecule has 0 unspecified atom stereocenters. The quantitative estimate of drug-likeness (QED) is 0.688. The van der Waals surface area contributed by atoms with Crippen molar-refractivity contribution in [3.05, 3.63) is 83.6 Å². The fraction of sp³-hybridized carbons (Fsp3) is 0.318. The molecule has 1 aromatic carbocycles. The highest BCUT2D eigenvalue weighted by Crippen LogP contribution is 2.35. The largest absolute Gasteiger partial charge is 0.445 e. The molecule has 4 rings (SSSR count). The molecule has 28 heavy (non-hydrogen) atoms. The van der Waals surface area contributed by atoms with Crippen LogP contribution in [0.1, 0.15) is 47.5 Å². The summed E-state index contributed by atoms with van der Waals surface area (Å²) in [6.07, 6.45) is 5.19. The third-order valence-electron chi connectivity index (χ3n) is 5.43. The number of hydrogen-bond acceptors (Lipinski definition) is 4. The van der Waals surface area contributed by atoms with Crippen molar-refractivity contribution in [1.29, 1.82) is 0 Å². The predicted molar refractivity (Wildman–Crippen MR) is 102 cm³/mol. The zero-order valence-corrected chi connectivity index (χ0v) is 15.8. The van der Waals surface area contributed by atoms with Gasteiger partial charge in [0, 0.05) is 31.1 Å². The van der Waals surface area contributed by atoms with Crippen molar-refractivity contribution in [3.8, 4) is 0 Å². The molecule has 144 valence electrons. The van der Waals surface area contributed by atoms with Crippen molar-refractivity contribution in [2.45, 2.75) is 31.6 Å². The van der Waals surface area contributed by atoms with Gasteiger partial charge in [-0.05, 0) is 36.6 Å². The molecule has 2 aromatic heterocycles. The number of carbonyl (C=O) groups is 1. The van der Waals surface area contributed by atoms with Gasteiger partial charge in [-0.1, -0.05) is 31.2 Å². The Labute approximate surface area is 163 Å². The number of amides is 1. The summed E-state index contributed by atoms with van der Waals surface area (Å²) in [4.78, 5) is 23.0. The normalized spacial score (nSPS) is 16.1. The van der Waals surface area contributed by atoms with Gasteiger partial charge in [-0.3, -0.25) is 9.78 Å². The maximum absolute atomic E-state index is 13.9. The fourth-order valence-electron chi connectivity index (χ4n) is 3.57. The lowest BCUT2D eigenvalue weighted by molar-refractivity contribution is 0.0651. The molecule has 1 amide bonds. The Kier molecular flexibility index (Phi) is 4.94. The molecule has 5 nitrogen and oxygen atoms in total. The summed E-state index contributed by atoms with van der Waals surface area (Å²) in [7, 11) is 0. The van der Waals surface area contributed by atoms with Crippen LogP contribution in [-0.2, 0) is 11.8 Å². The number of rotatable bonds is 4. The van der Waals surface area contributed by atoms with E-state index in [2.05, 4.69) is 16.9 Å². The molecule has 1 fully saturated rings. The summed E-state index contributed by atoms with van der Waals surface area (Å²) in [5.41, 5.74) is 0.814. The molecular formula is C22H22FN3O2. The van der Waals surface area contributed by atoms with Gasteiger partial charge in [0.25, 0.3) is 5.91 Å². The average molecular weight is 379 g/mol. The molecule has 6 heteroatoms. The van der Waals surface area contributed by atoms with Gasteiger partial charge in [0.2, 0.25) is 0 Å². The number of piperidine rings is 1. The number of aromatic nitrogens is 2. The van der Waals surface area contributed by atoms with Crippen molar-refractivity contribution in [2.24, 2.45) is 0 Å². The van der Waals surface area contributed by atoms with Crippen LogP contribution in [0.4, 0.5) is 4.39 Å². The van der Waals surface area contributed by atoms with E-state index in [1.54, 1.807) is 36.7 Å². The Morgan fingerprint density at radius 2 is 1.89 bits per heavy atom. The number of likely N-dealkylation sites (tertiary alicyclic amines) is 1. The van der Waals surface area contributed by atoms with Crippen LogP contribution in [0, 0.1) is 5.82 Å². The highest BCUT2D eigenvalue weighted by atomic mass is 19.1. The lowest BCUT2D eigenvalue weighted by Crippen LogP contribution is -2.44. The number of carbonyl (C=O) groups excluding carboxylic acids is 1. The van der Waals surface area contributed by atoms with Gasteiger partial charge in [-0.15, -0.1) is 0 Å². The number of oxazole rings is 1. The Hall–Kier alpha value is -3.02. The van der Waals surface area contributed by atoms with Gasteiger partial charge >= 0.3 is 0 Å². The molecule has 0 aliphatic carbocycles. The van der Waals surface area contributed by atoms with Gasteiger partial charge in [0.05, 0.1) is 6.20 Å². The van der Waals surface area contributed by atoms with Crippen molar-refractivity contribution >= 4 is 5.91 Å². The Morgan fingerprint density at radius 1 is 1.14 bits per heavy atom. The van der Waals surface area contributed by atoms with Gasteiger partial charge in [0.1, 0.15) is 17.3 Å². The molecular weight excluding hydrogens is 357 g/mol. The number of hydrogen-bond donors (Lipinski definition) is 0. The molecule has 1 saturated heterocycles. The van der Waals surface area contributed by atoms with E-state index in [9.17, 15) is 9.18 Å². The third-order valence-corrected chi connectivity index (χ3v) is 5.43. The van der Waals surface area contributed by atoms with Gasteiger partial charge in [-0.2, -0.15) is 0 Å². The van der Waals surface area contributed by atoms with Crippen LogP contribution < -0.4 is 0 Å². The van der Waals surface area contributed by atoms with E-state index in [1.807, 2.05) is 17.0 Å². The highest BCUT2D eigenvalue weighted by Gasteiger charge is 2.37. The first-order valence-electron chi connectivity index (χ1n) is 9.44. The lowest BCUT2D eigenvalue weighted by atomic mass is 9.80. The molecule has 0 bridgehead atoms. The number of benzene rings is 1. The molecule has 1 aliphatic rings. The van der Waals surface area contributed by atoms with Gasteiger partial charge in [-0.25, -0.2) is 9.37 Å². The van der Waals surface area contributed by atoms with Gasteiger partial charge in [0.15, 0.2) is 5.89 Å². The van der Waals surface area contributed by atoms with E-state index in [-0.39, 0.29) is 17.1 Å². The smallest absolute Gasteiger partial charge is 0.272 e. The van der Waals surface area contributed by atoms with E-state index in [4.69, 9.17) is 4.42 Å². The lowest BCUT2D eigenvalue weighted by Gasteiger charge is -2.37. The second-order valence-corrected chi connectivity index (χ2v) is 7.47. The third kappa shape index (κ3) is 3.67. The zero-order valence-electron chi connectivity index (χ0n) is 15.8. The van der Waals surface area contributed by atoms with E-state index in [0.29, 0.717) is 42.4 Å². The Balaban J connectivity index is 1.42. The summed E-state index contributed by atoms with van der Waals surface area (Å²) in [5.74, 6) is 1.01. The van der Waals surface area contributed by atoms with Crippen LogP contribution in [-0.4, -0.2) is 33.9 Å². The van der Waals surface area contributed by atoms with Crippen LogP contribution in [0.15, 0.2) is 59.3 Å².